The van der Waals surface area contributed by atoms with Crippen LogP contribution in [-0.4, -0.2) is 60.5 Å². The SMILES string of the molecule is C[C@H](Nc1cc(C(=O)N2CCC(Nc3nccs3)CC2)nc(-c2cnn3ccsc23)n1)C1CC1. The van der Waals surface area contributed by atoms with E-state index in [1.54, 1.807) is 41.1 Å². The van der Waals surface area contributed by atoms with E-state index in [4.69, 9.17) is 9.97 Å². The van der Waals surface area contributed by atoms with Crippen LogP contribution in [0, 0.1) is 5.92 Å². The number of rotatable bonds is 7. The quantitative estimate of drug-likeness (QED) is 0.396. The van der Waals surface area contributed by atoms with E-state index in [1.807, 2.05) is 26.4 Å². The van der Waals surface area contributed by atoms with Crippen LogP contribution in [0.5, 0.6) is 0 Å². The van der Waals surface area contributed by atoms with E-state index in [0.29, 0.717) is 48.4 Å². The second kappa shape index (κ2) is 8.95. The molecule has 1 amide bonds. The van der Waals surface area contributed by atoms with E-state index in [2.05, 4.69) is 27.6 Å². The van der Waals surface area contributed by atoms with Gasteiger partial charge < -0.3 is 15.5 Å². The van der Waals surface area contributed by atoms with Crippen LogP contribution >= 0.6 is 22.7 Å². The molecule has 1 aliphatic carbocycles. The molecule has 176 valence electrons. The second-order valence-electron chi connectivity index (χ2n) is 8.99. The van der Waals surface area contributed by atoms with Crippen LogP contribution in [0.1, 0.15) is 43.1 Å². The molecule has 0 aromatic carbocycles. The lowest BCUT2D eigenvalue weighted by Gasteiger charge is -2.32. The van der Waals surface area contributed by atoms with E-state index in [-0.39, 0.29) is 5.91 Å². The first-order valence-electron chi connectivity index (χ1n) is 11.7. The van der Waals surface area contributed by atoms with Crippen molar-refractivity contribution in [3.63, 3.8) is 0 Å². The molecule has 0 radical (unpaired) electrons. The van der Waals surface area contributed by atoms with Gasteiger partial charge in [0.2, 0.25) is 0 Å². The minimum Gasteiger partial charge on any atom is -0.367 e. The van der Waals surface area contributed by atoms with Crippen LogP contribution in [0.3, 0.4) is 0 Å². The highest BCUT2D eigenvalue weighted by molar-refractivity contribution is 7.16. The number of fused-ring (bicyclic) bond motifs is 1. The van der Waals surface area contributed by atoms with Crippen molar-refractivity contribution in [3.05, 3.63) is 41.1 Å². The first kappa shape index (κ1) is 21.5. The van der Waals surface area contributed by atoms with E-state index >= 15 is 0 Å². The third-order valence-corrected chi connectivity index (χ3v) is 8.16. The Morgan fingerprint density at radius 1 is 1.15 bits per heavy atom. The Morgan fingerprint density at radius 2 is 2.00 bits per heavy atom. The number of nitrogens with one attached hydrogen (secondary N) is 2. The molecule has 2 fully saturated rings. The maximum absolute atomic E-state index is 13.5. The van der Waals surface area contributed by atoms with Crippen molar-refractivity contribution in [2.24, 2.45) is 5.92 Å². The van der Waals surface area contributed by atoms with Crippen molar-refractivity contribution in [2.45, 2.75) is 44.7 Å². The molecule has 0 unspecified atom stereocenters. The van der Waals surface area contributed by atoms with Gasteiger partial charge in [-0.2, -0.15) is 5.10 Å². The number of anilines is 2. The molecule has 1 aliphatic heterocycles. The summed E-state index contributed by atoms with van der Waals surface area (Å²) in [5.41, 5.74) is 1.27. The third kappa shape index (κ3) is 4.37. The summed E-state index contributed by atoms with van der Waals surface area (Å²) in [6, 6.07) is 2.44. The van der Waals surface area contributed by atoms with Crippen molar-refractivity contribution in [1.82, 2.24) is 29.5 Å². The summed E-state index contributed by atoms with van der Waals surface area (Å²) in [6.45, 7) is 3.55. The van der Waals surface area contributed by atoms with E-state index in [0.717, 1.165) is 28.4 Å². The largest absolute Gasteiger partial charge is 0.367 e. The molecule has 1 atom stereocenters. The van der Waals surface area contributed by atoms with Gasteiger partial charge in [-0.25, -0.2) is 19.5 Å². The molecule has 1 saturated heterocycles. The fourth-order valence-corrected chi connectivity index (χ4v) is 5.84. The van der Waals surface area contributed by atoms with Gasteiger partial charge in [0.15, 0.2) is 11.0 Å². The number of nitrogens with zero attached hydrogens (tertiary/aromatic N) is 6. The van der Waals surface area contributed by atoms with Crippen molar-refractivity contribution in [3.8, 4) is 11.4 Å². The monoisotopic (exact) mass is 494 g/mol. The zero-order chi connectivity index (χ0) is 23.1. The Morgan fingerprint density at radius 3 is 2.76 bits per heavy atom. The van der Waals surface area contributed by atoms with E-state index < -0.39 is 0 Å². The van der Waals surface area contributed by atoms with Gasteiger partial charge in [-0.1, -0.05) is 0 Å². The third-order valence-electron chi connectivity index (χ3n) is 6.56. The molecule has 1 saturated carbocycles. The average molecular weight is 495 g/mol. The molecule has 9 nitrogen and oxygen atoms in total. The smallest absolute Gasteiger partial charge is 0.272 e. The predicted octanol–water partition coefficient (Wildman–Crippen LogP) is 4.24. The summed E-state index contributed by atoms with van der Waals surface area (Å²) in [7, 11) is 0. The van der Waals surface area contributed by atoms with Gasteiger partial charge in [0.05, 0.1) is 11.8 Å². The van der Waals surface area contributed by atoms with Gasteiger partial charge in [-0.15, -0.1) is 22.7 Å². The Bertz CT molecular complexity index is 1290. The minimum absolute atomic E-state index is 0.0481. The molecule has 0 spiro atoms. The Labute approximate surface area is 205 Å². The maximum atomic E-state index is 13.5. The number of piperidine rings is 1. The van der Waals surface area contributed by atoms with E-state index in [9.17, 15) is 4.79 Å². The normalized spacial score (nSPS) is 17.7. The fourth-order valence-electron chi connectivity index (χ4n) is 4.44. The number of carbonyl (C=O) groups excluding carboxylic acids is 1. The number of hydrogen-bond donors (Lipinski definition) is 2. The molecule has 34 heavy (non-hydrogen) atoms. The van der Waals surface area contributed by atoms with Gasteiger partial charge in [-0.05, 0) is 38.5 Å². The average Bonchev–Trinajstić information content (AvgIpc) is 3.19. The second-order valence-corrected chi connectivity index (χ2v) is 10.8. The van der Waals surface area contributed by atoms with Gasteiger partial charge in [0.25, 0.3) is 5.91 Å². The molecule has 11 heteroatoms. The number of aromatic nitrogens is 5. The first-order valence-corrected chi connectivity index (χ1v) is 13.4. The summed E-state index contributed by atoms with van der Waals surface area (Å²) in [5.74, 6) is 1.85. The molecule has 2 aliphatic rings. The fraction of sp³-hybridized carbons (Fsp3) is 0.435. The lowest BCUT2D eigenvalue weighted by Crippen LogP contribution is -2.42. The zero-order valence-corrected chi connectivity index (χ0v) is 20.5. The molecular weight excluding hydrogens is 468 g/mol. The standard InChI is InChI=1S/C23H26N8OS2/c1-14(15-2-3-15)26-19-12-18(28-20(29-19)17-13-25-31-9-11-33-22(17)31)21(32)30-7-4-16(5-8-30)27-23-24-6-10-34-23/h6,9-16H,2-5,7-8H2,1H3,(H,24,27)(H,26,28,29)/t14-/m0/s1. The lowest BCUT2D eigenvalue weighted by atomic mass is 10.0. The highest BCUT2D eigenvalue weighted by Gasteiger charge is 2.29. The highest BCUT2D eigenvalue weighted by atomic mass is 32.1. The van der Waals surface area contributed by atoms with Crippen LogP contribution in [0.25, 0.3) is 16.2 Å². The van der Waals surface area contributed by atoms with Crippen molar-refractivity contribution < 1.29 is 4.79 Å². The van der Waals surface area contributed by atoms with Crippen molar-refractivity contribution >= 4 is 44.4 Å². The van der Waals surface area contributed by atoms with E-state index in [1.165, 1.54) is 12.8 Å². The molecule has 2 N–H and O–H groups in total. The van der Waals surface area contributed by atoms with Crippen LogP contribution in [0.2, 0.25) is 0 Å². The summed E-state index contributed by atoms with van der Waals surface area (Å²) in [5, 5.41) is 16.3. The molecule has 0 bridgehead atoms. The van der Waals surface area contributed by atoms with Crippen LogP contribution in [0.15, 0.2) is 35.4 Å². The van der Waals surface area contributed by atoms with Gasteiger partial charge in [0.1, 0.15) is 16.3 Å². The maximum Gasteiger partial charge on any atom is 0.272 e. The number of hydrogen-bond acceptors (Lipinski definition) is 9. The number of likely N-dealkylation sites (tertiary alicyclic amines) is 1. The first-order chi connectivity index (χ1) is 16.6. The summed E-state index contributed by atoms with van der Waals surface area (Å²) >= 11 is 3.19. The summed E-state index contributed by atoms with van der Waals surface area (Å²) in [6.07, 6.45) is 9.73. The van der Waals surface area contributed by atoms with Gasteiger partial charge in [-0.3, -0.25) is 4.79 Å². The van der Waals surface area contributed by atoms with Gasteiger partial charge >= 0.3 is 0 Å². The van der Waals surface area contributed by atoms with Crippen LogP contribution < -0.4 is 10.6 Å². The number of thiazole rings is 2. The topological polar surface area (TPSA) is 100 Å². The Hall–Kier alpha value is -3.05. The highest BCUT2D eigenvalue weighted by Crippen LogP contribution is 2.34. The lowest BCUT2D eigenvalue weighted by molar-refractivity contribution is 0.0712. The molecule has 4 aromatic heterocycles. The van der Waals surface area contributed by atoms with Crippen molar-refractivity contribution in [2.75, 3.05) is 23.7 Å². The minimum atomic E-state index is -0.0481. The summed E-state index contributed by atoms with van der Waals surface area (Å²) in [4.78, 5) is 30.2. The van der Waals surface area contributed by atoms with Gasteiger partial charge in [0, 0.05) is 54.4 Å². The Balaban J connectivity index is 1.24. The molecule has 4 aromatic rings. The zero-order valence-electron chi connectivity index (χ0n) is 18.8. The molecular formula is C23H26N8OS2. The van der Waals surface area contributed by atoms with Crippen molar-refractivity contribution in [1.29, 1.82) is 0 Å². The van der Waals surface area contributed by atoms with Crippen LogP contribution in [0.4, 0.5) is 10.9 Å². The number of carbonyl (C=O) groups is 1. The Kier molecular flexibility index (Phi) is 5.66. The van der Waals surface area contributed by atoms with Crippen LogP contribution in [-0.2, 0) is 0 Å². The number of amides is 1. The predicted molar refractivity (Wildman–Crippen MR) is 135 cm³/mol. The summed E-state index contributed by atoms with van der Waals surface area (Å²) < 4.78 is 1.82. The molecule has 6 rings (SSSR count). The molecule has 5 heterocycles.